The molecule has 0 aliphatic heterocycles. The van der Waals surface area contributed by atoms with Crippen molar-refractivity contribution in [3.05, 3.63) is 164 Å². The summed E-state index contributed by atoms with van der Waals surface area (Å²) in [4.78, 5) is 25.6. The van der Waals surface area contributed by atoms with Gasteiger partial charge < -0.3 is 8.83 Å². The van der Waals surface area contributed by atoms with E-state index in [1.54, 1.807) is 11.3 Å². The monoisotopic (exact) mass is 749 g/mol. The van der Waals surface area contributed by atoms with Gasteiger partial charge in [0.15, 0.2) is 23.3 Å². The summed E-state index contributed by atoms with van der Waals surface area (Å²) in [6.07, 6.45) is 0. The normalized spacial score (nSPS) is 11.9. The highest BCUT2D eigenvalue weighted by molar-refractivity contribution is 7.26. The third-order valence-corrected chi connectivity index (χ3v) is 11.7. The van der Waals surface area contributed by atoms with Crippen molar-refractivity contribution >= 4 is 75.5 Å². The summed E-state index contributed by atoms with van der Waals surface area (Å²) in [6, 6.07) is 55.2. The Hall–Kier alpha value is -7.55. The van der Waals surface area contributed by atoms with E-state index < -0.39 is 0 Å². The maximum absolute atomic E-state index is 6.67. The van der Waals surface area contributed by atoms with Crippen LogP contribution in [0.3, 0.4) is 0 Å². The fourth-order valence-electron chi connectivity index (χ4n) is 7.83. The Bertz CT molecular complexity index is 3540. The van der Waals surface area contributed by atoms with Crippen LogP contribution >= 0.6 is 11.3 Å². The maximum Gasteiger partial charge on any atom is 0.164 e. The van der Waals surface area contributed by atoms with E-state index in [-0.39, 0.29) is 0 Å². The van der Waals surface area contributed by atoms with Crippen LogP contribution in [0.5, 0.6) is 0 Å². The topological polar surface area (TPSA) is 90.7 Å². The van der Waals surface area contributed by atoms with Crippen LogP contribution in [0.15, 0.2) is 173 Å². The molecule has 0 spiro atoms. The lowest BCUT2D eigenvalue weighted by molar-refractivity contribution is 0.669. The zero-order valence-electron chi connectivity index (χ0n) is 30.0. The summed E-state index contributed by atoms with van der Waals surface area (Å²) < 4.78 is 15.0. The Morgan fingerprint density at radius 2 is 0.947 bits per heavy atom. The van der Waals surface area contributed by atoms with Gasteiger partial charge in [-0.1, -0.05) is 109 Å². The second kappa shape index (κ2) is 12.5. The van der Waals surface area contributed by atoms with E-state index in [4.69, 9.17) is 33.8 Å². The summed E-state index contributed by atoms with van der Waals surface area (Å²) in [5.41, 5.74) is 9.49. The minimum absolute atomic E-state index is 0.564. The second-order valence-corrected chi connectivity index (χ2v) is 15.1. The zero-order chi connectivity index (χ0) is 37.5. The van der Waals surface area contributed by atoms with Crippen LogP contribution in [0, 0.1) is 0 Å². The summed E-state index contributed by atoms with van der Waals surface area (Å²) >= 11 is 1.73. The first-order chi connectivity index (χ1) is 28.2. The first-order valence-corrected chi connectivity index (χ1v) is 19.5. The minimum Gasteiger partial charge on any atom is -0.456 e. The van der Waals surface area contributed by atoms with E-state index >= 15 is 0 Å². The largest absolute Gasteiger partial charge is 0.456 e. The summed E-state index contributed by atoms with van der Waals surface area (Å²) in [5, 5.41) is 5.08. The van der Waals surface area contributed by atoms with Crippen molar-refractivity contribution in [1.29, 1.82) is 0 Å². The van der Waals surface area contributed by atoms with Gasteiger partial charge in [-0.05, 0) is 54.6 Å². The van der Waals surface area contributed by atoms with Crippen molar-refractivity contribution in [2.24, 2.45) is 0 Å². The smallest absolute Gasteiger partial charge is 0.164 e. The van der Waals surface area contributed by atoms with Gasteiger partial charge in [0, 0.05) is 53.9 Å². The zero-order valence-corrected chi connectivity index (χ0v) is 30.9. The molecule has 0 atom stereocenters. The number of para-hydroxylation sites is 2. The average molecular weight is 750 g/mol. The van der Waals surface area contributed by atoms with E-state index in [0.717, 1.165) is 93.0 Å². The Morgan fingerprint density at radius 3 is 1.70 bits per heavy atom. The second-order valence-electron chi connectivity index (χ2n) is 14.0. The Labute approximate surface area is 328 Å². The molecule has 5 heterocycles. The average Bonchev–Trinajstić information content (AvgIpc) is 3.97. The summed E-state index contributed by atoms with van der Waals surface area (Å²) in [7, 11) is 0. The number of nitrogens with zero attached hydrogens (tertiary/aromatic N) is 5. The summed E-state index contributed by atoms with van der Waals surface area (Å²) in [5.74, 6) is 2.35. The number of furan rings is 2. The number of hydrogen-bond donors (Lipinski definition) is 0. The van der Waals surface area contributed by atoms with Gasteiger partial charge in [-0.3, -0.25) is 0 Å². The number of thiophene rings is 1. The van der Waals surface area contributed by atoms with Crippen molar-refractivity contribution in [3.8, 4) is 56.8 Å². The summed E-state index contributed by atoms with van der Waals surface area (Å²) in [6.45, 7) is 0. The molecule has 0 bridgehead atoms. The fourth-order valence-corrected chi connectivity index (χ4v) is 8.99. The predicted octanol–water partition coefficient (Wildman–Crippen LogP) is 13.2. The van der Waals surface area contributed by atoms with Crippen LogP contribution in [0.2, 0.25) is 0 Å². The van der Waals surface area contributed by atoms with Crippen LogP contribution < -0.4 is 0 Å². The molecule has 0 saturated carbocycles. The number of aromatic nitrogens is 5. The molecular formula is C49H27N5O2S. The quantitative estimate of drug-likeness (QED) is 0.173. The van der Waals surface area contributed by atoms with Crippen LogP contribution in [0.4, 0.5) is 0 Å². The highest BCUT2D eigenvalue weighted by atomic mass is 32.1. The predicted molar refractivity (Wildman–Crippen MR) is 230 cm³/mol. The molecule has 8 heteroatoms. The van der Waals surface area contributed by atoms with E-state index in [9.17, 15) is 0 Å². The molecule has 0 fully saturated rings. The van der Waals surface area contributed by atoms with E-state index in [0.29, 0.717) is 23.3 Å². The Morgan fingerprint density at radius 1 is 0.368 bits per heavy atom. The Balaban J connectivity index is 1.03. The lowest BCUT2D eigenvalue weighted by atomic mass is 10.1. The van der Waals surface area contributed by atoms with Crippen molar-refractivity contribution in [3.63, 3.8) is 0 Å². The van der Waals surface area contributed by atoms with Gasteiger partial charge in [0.05, 0.1) is 21.5 Å². The third-order valence-electron chi connectivity index (χ3n) is 10.6. The van der Waals surface area contributed by atoms with Crippen molar-refractivity contribution in [2.45, 2.75) is 0 Å². The maximum atomic E-state index is 6.67. The molecule has 266 valence electrons. The van der Waals surface area contributed by atoms with Crippen molar-refractivity contribution in [1.82, 2.24) is 24.9 Å². The lowest BCUT2D eigenvalue weighted by Crippen LogP contribution is -2.00. The molecule has 0 N–H and O–H groups in total. The molecule has 5 aromatic heterocycles. The number of benzene rings is 7. The first kappa shape index (κ1) is 31.8. The van der Waals surface area contributed by atoms with Gasteiger partial charge >= 0.3 is 0 Å². The van der Waals surface area contributed by atoms with Gasteiger partial charge in [-0.2, -0.15) is 0 Å². The first-order valence-electron chi connectivity index (χ1n) is 18.7. The van der Waals surface area contributed by atoms with Crippen LogP contribution in [0.1, 0.15) is 0 Å². The van der Waals surface area contributed by atoms with Crippen molar-refractivity contribution in [2.75, 3.05) is 0 Å². The number of fused-ring (bicyclic) bond motifs is 9. The van der Waals surface area contributed by atoms with Gasteiger partial charge in [0.1, 0.15) is 22.3 Å². The van der Waals surface area contributed by atoms with E-state index in [1.807, 2.05) is 103 Å². The van der Waals surface area contributed by atoms with E-state index in [2.05, 4.69) is 60.7 Å². The number of rotatable bonds is 5. The van der Waals surface area contributed by atoms with Crippen LogP contribution in [-0.4, -0.2) is 24.9 Å². The molecule has 0 aliphatic rings. The molecule has 7 nitrogen and oxygen atoms in total. The highest BCUT2D eigenvalue weighted by Gasteiger charge is 2.21. The van der Waals surface area contributed by atoms with Gasteiger partial charge in [-0.25, -0.2) is 24.9 Å². The molecule has 0 aliphatic carbocycles. The van der Waals surface area contributed by atoms with E-state index in [1.165, 1.54) is 4.70 Å². The van der Waals surface area contributed by atoms with Gasteiger partial charge in [0.2, 0.25) is 0 Å². The molecule has 0 amide bonds. The SMILES string of the molecule is c1ccc(-c2nc(-c3ccc4oc5ccccc5c4c3)nc(-c3ccc4oc5c(-c6nc(-c7ccccc7)c7sc8ccccc8c7n6)cccc5c4c3)n2)cc1. The molecule has 0 unspecified atom stereocenters. The van der Waals surface area contributed by atoms with Gasteiger partial charge in [-0.15, -0.1) is 11.3 Å². The molecule has 0 radical (unpaired) electrons. The van der Waals surface area contributed by atoms with Crippen LogP contribution in [0.25, 0.3) is 121 Å². The fraction of sp³-hybridized carbons (Fsp3) is 0. The van der Waals surface area contributed by atoms with Crippen LogP contribution in [-0.2, 0) is 0 Å². The molecule has 57 heavy (non-hydrogen) atoms. The lowest BCUT2D eigenvalue weighted by Gasteiger charge is -2.08. The van der Waals surface area contributed by atoms with Gasteiger partial charge in [0.25, 0.3) is 0 Å². The molecular weight excluding hydrogens is 723 g/mol. The number of hydrogen-bond acceptors (Lipinski definition) is 8. The highest BCUT2D eigenvalue weighted by Crippen LogP contribution is 2.42. The standard InChI is InChI=1S/C49H27N5O2S/c1-3-12-28(13-4-1)42-45-43(34-17-8-10-21-41(34)57-45)51-49(50-42)35-19-11-18-33-37-27-31(23-25-40(37)56-44(33)35)48-53-46(29-14-5-2-6-15-29)52-47(54-48)30-22-24-39-36(26-30)32-16-7-9-20-38(32)55-39/h1-27H. The minimum atomic E-state index is 0.564. The molecule has 7 aromatic carbocycles. The molecule has 0 saturated heterocycles. The van der Waals surface area contributed by atoms with Crippen molar-refractivity contribution < 1.29 is 8.83 Å². The molecule has 12 rings (SSSR count). The Kier molecular flexibility index (Phi) is 6.96. The molecule has 12 aromatic rings. The third kappa shape index (κ3) is 5.15.